The van der Waals surface area contributed by atoms with E-state index in [1.54, 1.807) is 0 Å². The monoisotopic (exact) mass is 170 g/mol. The zero-order valence-electron chi connectivity index (χ0n) is 1.21. The Balaban J connectivity index is -0.00000000500. The van der Waals surface area contributed by atoms with Crippen molar-refractivity contribution in [1.82, 2.24) is 0 Å². The quantitative estimate of drug-likeness (QED) is 0.273. The van der Waals surface area contributed by atoms with Crippen LogP contribution >= 0.6 is 0 Å². The van der Waals surface area contributed by atoms with Crippen LogP contribution in [-0.4, -0.2) is 27.9 Å². The van der Waals surface area contributed by atoms with Crippen molar-refractivity contribution in [2.24, 2.45) is 0 Å². The van der Waals surface area contributed by atoms with Gasteiger partial charge in [0.2, 0.25) is 0 Å². The molecule has 0 aliphatic heterocycles. The Hall–Kier alpha value is 1.11. The topological polar surface area (TPSA) is 40.5 Å². The van der Waals surface area contributed by atoms with Gasteiger partial charge in [-0.25, -0.2) is 0 Å². The first kappa shape index (κ1) is 19.4. The van der Waals surface area contributed by atoms with E-state index in [2.05, 4.69) is 0 Å². The van der Waals surface area contributed by atoms with Gasteiger partial charge in [0.05, 0.1) is 0 Å². The molecule has 0 aromatic carbocycles. The maximum atomic E-state index is 6.00. The summed E-state index contributed by atoms with van der Waals surface area (Å²) in [5.74, 6) is 0. The van der Waals surface area contributed by atoms with E-state index in [9.17, 15) is 0 Å². The molecule has 0 aromatic rings. The van der Waals surface area contributed by atoms with Gasteiger partial charge in [0.1, 0.15) is 0 Å². The van der Waals surface area contributed by atoms with Crippen molar-refractivity contribution in [3.05, 3.63) is 0 Å². The van der Waals surface area contributed by atoms with Crippen LogP contribution in [0.2, 0.25) is 0 Å². The minimum atomic E-state index is 0. The predicted octanol–water partition coefficient (Wildman–Crippen LogP) is -1.17. The minimum Gasteiger partial charge on any atom is -0.255 e. The molecule has 30 valence electrons. The van der Waals surface area contributed by atoms with Crippen LogP contribution in [0.4, 0.5) is 0 Å². The molecule has 0 spiro atoms. The van der Waals surface area contributed by atoms with E-state index >= 15 is 0 Å². The van der Waals surface area contributed by atoms with Crippen LogP contribution in [-0.2, 0) is 20.4 Å². The Morgan fingerprint density at radius 3 is 1.00 bits per heavy atom. The van der Waals surface area contributed by atoms with Crippen LogP contribution in [0.15, 0.2) is 0 Å². The fourth-order valence-corrected chi connectivity index (χ4v) is 0. The van der Waals surface area contributed by atoms with E-state index in [1.807, 2.05) is 0 Å². The Labute approximate surface area is 48.5 Å². The second kappa shape index (κ2) is 32.1. The summed E-state index contributed by atoms with van der Waals surface area (Å²) >= 11 is 0. The van der Waals surface area contributed by atoms with Crippen LogP contribution in [0.3, 0.4) is 0 Å². The molecule has 0 bridgehead atoms. The molecular formula is H5AlO2Pd. The summed E-state index contributed by atoms with van der Waals surface area (Å²) in [6.45, 7) is 0. The van der Waals surface area contributed by atoms with Crippen LogP contribution in [0.1, 0.15) is 0 Å². The van der Waals surface area contributed by atoms with Crippen molar-refractivity contribution >= 4 is 17.4 Å². The maximum absolute atomic E-state index is 6.00. The smallest absolute Gasteiger partial charge is 0.187 e. The van der Waals surface area contributed by atoms with Gasteiger partial charge in [0.15, 0.2) is 17.4 Å². The van der Waals surface area contributed by atoms with Crippen molar-refractivity contribution < 1.29 is 30.9 Å². The standard InChI is InChI=1S/Al.H2O2.Pd.3H/c;1-2;;;;/h;1-2H;;;;. The summed E-state index contributed by atoms with van der Waals surface area (Å²) in [5, 5.41) is 12.0. The molecule has 0 aliphatic carbocycles. The summed E-state index contributed by atoms with van der Waals surface area (Å²) in [4.78, 5) is 0. The Morgan fingerprint density at radius 2 is 1.00 bits per heavy atom. The van der Waals surface area contributed by atoms with Crippen LogP contribution < -0.4 is 0 Å². The van der Waals surface area contributed by atoms with Gasteiger partial charge in [0.25, 0.3) is 0 Å². The van der Waals surface area contributed by atoms with Crippen molar-refractivity contribution in [3.8, 4) is 0 Å². The number of hydrogen-bond acceptors (Lipinski definition) is 2. The van der Waals surface area contributed by atoms with Crippen LogP contribution in [0.5, 0.6) is 0 Å². The third-order valence-corrected chi connectivity index (χ3v) is 0. The minimum absolute atomic E-state index is 0. The third kappa shape index (κ3) is 11.2. The number of hydrogen-bond donors (Lipinski definition) is 2. The van der Waals surface area contributed by atoms with Gasteiger partial charge in [-0.2, -0.15) is 0 Å². The maximum Gasteiger partial charge on any atom is 0.187 e. The molecule has 0 atom stereocenters. The average Bonchev–Trinajstić information content (AvgIpc) is 1.00. The molecule has 0 saturated carbocycles. The van der Waals surface area contributed by atoms with Gasteiger partial charge in [-0.15, -0.1) is 0 Å². The molecular weight excluding hydrogens is 165 g/mol. The first-order valence-corrected chi connectivity index (χ1v) is 0.200. The van der Waals surface area contributed by atoms with Gasteiger partial charge < -0.3 is 0 Å². The fraction of sp³-hybridized carbons (Fsp3) is 0. The molecule has 0 saturated heterocycles. The van der Waals surface area contributed by atoms with E-state index in [4.69, 9.17) is 10.5 Å². The molecule has 0 aromatic heterocycles. The summed E-state index contributed by atoms with van der Waals surface area (Å²) in [6.07, 6.45) is 0. The van der Waals surface area contributed by atoms with E-state index in [1.165, 1.54) is 0 Å². The van der Waals surface area contributed by atoms with Gasteiger partial charge in [0, 0.05) is 20.4 Å². The normalized spacial score (nSPS) is 1.50. The molecule has 4 heavy (non-hydrogen) atoms. The second-order valence-electron chi connectivity index (χ2n) is 0. The average molecular weight is 170 g/mol. The van der Waals surface area contributed by atoms with Gasteiger partial charge in [-0.1, -0.05) is 0 Å². The molecule has 4 heteroatoms. The summed E-state index contributed by atoms with van der Waals surface area (Å²) in [5.41, 5.74) is 0. The SMILES string of the molecule is OO.[AlH3].[Pd]. The first-order valence-electron chi connectivity index (χ1n) is 0.200. The molecule has 0 radical (unpaired) electrons. The van der Waals surface area contributed by atoms with E-state index in [0.717, 1.165) is 0 Å². The van der Waals surface area contributed by atoms with E-state index in [-0.39, 0.29) is 37.8 Å². The largest absolute Gasteiger partial charge is 0.255 e. The fourth-order valence-electron chi connectivity index (χ4n) is 0. The molecule has 0 unspecified atom stereocenters. The molecule has 2 N–H and O–H groups in total. The molecule has 0 fully saturated rings. The molecule has 0 amide bonds. The van der Waals surface area contributed by atoms with Crippen molar-refractivity contribution in [3.63, 3.8) is 0 Å². The Kier molecular flexibility index (Phi) is 156. The summed E-state index contributed by atoms with van der Waals surface area (Å²) in [7, 11) is 0. The summed E-state index contributed by atoms with van der Waals surface area (Å²) in [6, 6.07) is 0. The number of rotatable bonds is 0. The third-order valence-electron chi connectivity index (χ3n) is 0. The zero-order chi connectivity index (χ0) is 2.00. The zero-order valence-corrected chi connectivity index (χ0v) is 2.77. The van der Waals surface area contributed by atoms with Gasteiger partial charge >= 0.3 is 0 Å². The van der Waals surface area contributed by atoms with Gasteiger partial charge in [-0.05, 0) is 0 Å². The van der Waals surface area contributed by atoms with Crippen LogP contribution in [0, 0.1) is 0 Å². The molecule has 2 nitrogen and oxygen atoms in total. The van der Waals surface area contributed by atoms with Crippen LogP contribution in [0.25, 0.3) is 0 Å². The Morgan fingerprint density at radius 1 is 1.00 bits per heavy atom. The molecule has 0 aliphatic rings. The van der Waals surface area contributed by atoms with Gasteiger partial charge in [-0.3, -0.25) is 10.5 Å². The van der Waals surface area contributed by atoms with Crippen molar-refractivity contribution in [1.29, 1.82) is 0 Å². The predicted molar refractivity (Wildman–Crippen MR) is 15.2 cm³/mol. The van der Waals surface area contributed by atoms with E-state index < -0.39 is 0 Å². The summed E-state index contributed by atoms with van der Waals surface area (Å²) < 4.78 is 0. The van der Waals surface area contributed by atoms with Crippen molar-refractivity contribution in [2.75, 3.05) is 0 Å². The molecule has 0 rings (SSSR count). The Bertz CT molecular complexity index is 6.00. The second-order valence-corrected chi connectivity index (χ2v) is 0. The first-order chi connectivity index (χ1) is 1.00. The van der Waals surface area contributed by atoms with E-state index in [0.29, 0.717) is 0 Å². The van der Waals surface area contributed by atoms with Crippen molar-refractivity contribution in [2.45, 2.75) is 0 Å². The molecule has 0 heterocycles.